The average Bonchev–Trinajstić information content (AvgIpc) is 3.60. The van der Waals surface area contributed by atoms with Gasteiger partial charge in [-0.3, -0.25) is 0 Å². The summed E-state index contributed by atoms with van der Waals surface area (Å²) in [5, 5.41) is 0. The van der Waals surface area contributed by atoms with Crippen LogP contribution in [0.25, 0.3) is 11.1 Å². The van der Waals surface area contributed by atoms with Crippen molar-refractivity contribution in [3.05, 3.63) is 150 Å². The van der Waals surface area contributed by atoms with Gasteiger partial charge in [0.25, 0.3) is 0 Å². The second-order valence-electron chi connectivity index (χ2n) is 9.82. The molecule has 0 saturated heterocycles. The largest absolute Gasteiger partial charge is 1.00 e. The monoisotopic (exact) mass is 627 g/mol. The minimum Gasteiger partial charge on any atom is -1.00 e. The molecule has 0 aromatic heterocycles. The first-order valence-electron chi connectivity index (χ1n) is 13.5. The third kappa shape index (κ3) is 5.58. The van der Waals surface area contributed by atoms with E-state index in [9.17, 15) is 0 Å². The second-order valence-corrected chi connectivity index (χ2v) is 16.3. The van der Waals surface area contributed by atoms with Gasteiger partial charge in [0.05, 0.1) is 0 Å². The summed E-state index contributed by atoms with van der Waals surface area (Å²) >= 11 is -2.55. The molecule has 2 aliphatic carbocycles. The molecule has 0 N–H and O–H groups in total. The summed E-state index contributed by atoms with van der Waals surface area (Å²) < 4.78 is 2.58. The van der Waals surface area contributed by atoms with Crippen molar-refractivity contribution in [3.63, 3.8) is 0 Å². The molecule has 196 valence electrons. The SMILES string of the molecule is CCN(CC)c1ccc2c(c1)[CH]([Zr+2](=[C](c1ccccc1)c1ccccc1)[CH]1C=CC=C1)c1ccccc1-2.[Cl-].[Cl-]. The molecule has 39 heavy (non-hydrogen) atoms. The molecular formula is C35H33Cl2NZr. The Morgan fingerprint density at radius 3 is 1.77 bits per heavy atom. The normalized spacial score (nSPS) is 14.4. The standard InChI is InChI=1S/C17H18N.C13H10.C5H5.2ClH.Zr/c1-3-18(4-2)15-9-10-17-14(12-15)11-13-7-5-6-8-16(13)17;1-3-7-12(8-4-1)11-13-9-5-2-6-10-13;1-2-4-5-3-1;;;/h5-12H,3-4H2,1-2H3;1-10H;1-5H;2*1H;/q;;;;;+2/p-2. The number of rotatable bonds is 7. The van der Waals surface area contributed by atoms with Crippen LogP contribution >= 0.6 is 0 Å². The van der Waals surface area contributed by atoms with Gasteiger partial charge in [-0.15, -0.1) is 0 Å². The van der Waals surface area contributed by atoms with E-state index in [0.717, 1.165) is 13.1 Å². The van der Waals surface area contributed by atoms with Crippen molar-refractivity contribution in [2.75, 3.05) is 18.0 Å². The number of anilines is 1. The van der Waals surface area contributed by atoms with Gasteiger partial charge in [-0.25, -0.2) is 0 Å². The number of hydrogen-bond donors (Lipinski definition) is 0. The Kier molecular flexibility index (Phi) is 10.0. The molecule has 4 heteroatoms. The van der Waals surface area contributed by atoms with Gasteiger partial charge in [-0.1, -0.05) is 0 Å². The van der Waals surface area contributed by atoms with E-state index in [4.69, 9.17) is 0 Å². The number of hydrogen-bond acceptors (Lipinski definition) is 1. The summed E-state index contributed by atoms with van der Waals surface area (Å²) in [6, 6.07) is 38.9. The van der Waals surface area contributed by atoms with E-state index in [-0.39, 0.29) is 24.8 Å². The molecule has 4 aromatic rings. The van der Waals surface area contributed by atoms with Crippen LogP contribution in [0.2, 0.25) is 3.63 Å². The fourth-order valence-corrected chi connectivity index (χ4v) is 15.5. The molecule has 1 atom stereocenters. The summed E-state index contributed by atoms with van der Waals surface area (Å²) in [6.07, 6.45) is 9.50. The molecule has 4 aromatic carbocycles. The van der Waals surface area contributed by atoms with Gasteiger partial charge < -0.3 is 24.8 Å². The Bertz CT molecular complexity index is 1450. The number of nitrogens with zero attached hydrogens (tertiary/aromatic N) is 1. The van der Waals surface area contributed by atoms with Crippen molar-refractivity contribution in [1.82, 2.24) is 0 Å². The molecule has 0 amide bonds. The maximum atomic E-state index is 2.53. The van der Waals surface area contributed by atoms with Crippen LogP contribution in [-0.2, 0) is 21.3 Å². The fraction of sp³-hybridized carbons (Fsp3) is 0.171. The zero-order valence-corrected chi connectivity index (χ0v) is 26.4. The molecule has 0 bridgehead atoms. The Labute approximate surface area is 253 Å². The van der Waals surface area contributed by atoms with Gasteiger partial charge in [0.1, 0.15) is 0 Å². The quantitative estimate of drug-likeness (QED) is 0.304. The molecule has 6 rings (SSSR count). The van der Waals surface area contributed by atoms with Crippen LogP contribution < -0.4 is 29.7 Å². The summed E-state index contributed by atoms with van der Waals surface area (Å²) in [4.78, 5) is 2.48. The molecule has 1 nitrogen and oxygen atoms in total. The van der Waals surface area contributed by atoms with Crippen LogP contribution in [0.4, 0.5) is 5.69 Å². The summed E-state index contributed by atoms with van der Waals surface area (Å²) in [5.41, 5.74) is 10.1. The van der Waals surface area contributed by atoms with Crippen LogP contribution in [0.3, 0.4) is 0 Å². The van der Waals surface area contributed by atoms with Gasteiger partial charge in [0, 0.05) is 0 Å². The Hall–Kier alpha value is -2.51. The molecule has 2 aliphatic rings. The minimum absolute atomic E-state index is 0. The molecule has 0 heterocycles. The summed E-state index contributed by atoms with van der Waals surface area (Å²) in [6.45, 7) is 6.57. The van der Waals surface area contributed by atoms with Crippen LogP contribution in [0.5, 0.6) is 0 Å². The molecule has 0 saturated carbocycles. The van der Waals surface area contributed by atoms with Crippen molar-refractivity contribution in [1.29, 1.82) is 0 Å². The third-order valence-electron chi connectivity index (χ3n) is 7.87. The van der Waals surface area contributed by atoms with E-state index in [1.54, 1.807) is 3.21 Å². The molecule has 1 unspecified atom stereocenters. The van der Waals surface area contributed by atoms with Crippen LogP contribution in [0.15, 0.2) is 127 Å². The van der Waals surface area contributed by atoms with Crippen molar-refractivity contribution in [2.24, 2.45) is 0 Å². The third-order valence-corrected chi connectivity index (χ3v) is 16.5. The summed E-state index contributed by atoms with van der Waals surface area (Å²) in [7, 11) is 0. The summed E-state index contributed by atoms with van der Waals surface area (Å²) in [5.74, 6) is 0. The molecular weight excluding hydrogens is 597 g/mol. The Morgan fingerprint density at radius 1 is 0.641 bits per heavy atom. The first-order chi connectivity index (χ1) is 18.3. The Balaban J connectivity index is 0.00000176. The van der Waals surface area contributed by atoms with Crippen LogP contribution in [0, 0.1) is 0 Å². The van der Waals surface area contributed by atoms with E-state index >= 15 is 0 Å². The van der Waals surface area contributed by atoms with Crippen molar-refractivity contribution >= 4 is 8.89 Å². The van der Waals surface area contributed by atoms with Gasteiger partial charge >= 0.3 is 230 Å². The topological polar surface area (TPSA) is 3.24 Å². The number of allylic oxidation sites excluding steroid dienone is 4. The van der Waals surface area contributed by atoms with Gasteiger partial charge in [-0.2, -0.15) is 0 Å². The number of benzene rings is 4. The second kappa shape index (κ2) is 13.2. The van der Waals surface area contributed by atoms with Gasteiger partial charge in [-0.05, 0) is 0 Å². The predicted octanol–water partition coefficient (Wildman–Crippen LogP) is 2.41. The van der Waals surface area contributed by atoms with Crippen LogP contribution in [-0.4, -0.2) is 16.3 Å². The molecule has 0 fully saturated rings. The van der Waals surface area contributed by atoms with E-state index in [2.05, 4.69) is 146 Å². The molecule has 0 spiro atoms. The van der Waals surface area contributed by atoms with Gasteiger partial charge in [0.15, 0.2) is 0 Å². The number of halogens is 2. The maximum Gasteiger partial charge on any atom is -1.00 e. The molecule has 0 radical (unpaired) electrons. The van der Waals surface area contributed by atoms with E-state index < -0.39 is 21.3 Å². The predicted molar refractivity (Wildman–Crippen MR) is 155 cm³/mol. The van der Waals surface area contributed by atoms with E-state index in [0.29, 0.717) is 7.25 Å². The molecule has 0 aliphatic heterocycles. The number of fused-ring (bicyclic) bond motifs is 3. The van der Waals surface area contributed by atoms with Gasteiger partial charge in [0.2, 0.25) is 0 Å². The Morgan fingerprint density at radius 2 is 1.18 bits per heavy atom. The first kappa shape index (κ1) is 29.5. The van der Waals surface area contributed by atoms with Crippen molar-refractivity contribution in [2.45, 2.75) is 21.1 Å². The smallest absolute Gasteiger partial charge is 1.00 e. The fourth-order valence-electron chi connectivity index (χ4n) is 6.17. The maximum absolute atomic E-state index is 2.55. The van der Waals surface area contributed by atoms with E-state index in [1.807, 2.05) is 0 Å². The van der Waals surface area contributed by atoms with E-state index in [1.165, 1.54) is 39.1 Å². The first-order valence-corrected chi connectivity index (χ1v) is 17.5. The average molecular weight is 630 g/mol. The zero-order valence-electron chi connectivity index (χ0n) is 22.4. The van der Waals surface area contributed by atoms with Crippen LogP contribution in [0.1, 0.15) is 39.7 Å². The van der Waals surface area contributed by atoms with Crippen molar-refractivity contribution in [3.8, 4) is 11.1 Å². The van der Waals surface area contributed by atoms with Crippen molar-refractivity contribution < 1.29 is 46.1 Å². The minimum atomic E-state index is -2.55. The zero-order chi connectivity index (χ0) is 25.2.